The van der Waals surface area contributed by atoms with Gasteiger partial charge < -0.3 is 21.4 Å². The molecule has 0 spiro atoms. The Kier molecular flexibility index (Phi) is 3.42. The molecule has 0 aliphatic carbocycles. The molecule has 0 atom stereocenters. The van der Waals surface area contributed by atoms with Crippen LogP contribution in [0.15, 0.2) is 18.2 Å². The number of aromatic nitrogens is 6. The number of anilines is 4. The molecule has 0 aliphatic rings. The van der Waals surface area contributed by atoms with Gasteiger partial charge in [-0.1, -0.05) is 4.49 Å². The first kappa shape index (κ1) is 15.5. The second-order valence-corrected chi connectivity index (χ2v) is 7.46. The molecule has 5 N–H and O–H groups in total. The highest BCUT2D eigenvalue weighted by Crippen LogP contribution is 2.26. The van der Waals surface area contributed by atoms with Crippen molar-refractivity contribution in [1.29, 1.82) is 0 Å². The first-order chi connectivity index (χ1) is 11.9. The molecule has 1 aromatic carbocycles. The van der Waals surface area contributed by atoms with Crippen molar-refractivity contribution in [1.82, 2.24) is 29.5 Å². The zero-order chi connectivity index (χ0) is 17.6. The molecular formula is C15H17N9S. The molecular weight excluding hydrogens is 338 g/mol. The monoisotopic (exact) mass is 355 g/mol. The van der Waals surface area contributed by atoms with Crippen molar-refractivity contribution in [3.63, 3.8) is 0 Å². The summed E-state index contributed by atoms with van der Waals surface area (Å²) in [7, 11) is 0. The second kappa shape index (κ2) is 5.52. The minimum Gasteiger partial charge on any atom is -0.369 e. The highest BCUT2D eigenvalue weighted by Gasteiger charge is 2.17. The third-order valence-electron chi connectivity index (χ3n) is 3.37. The predicted octanol–water partition coefficient (Wildman–Crippen LogP) is 2.89. The molecule has 0 saturated heterocycles. The van der Waals surface area contributed by atoms with Crippen LogP contribution in [-0.4, -0.2) is 35.1 Å². The van der Waals surface area contributed by atoms with Crippen LogP contribution in [0.1, 0.15) is 20.8 Å². The van der Waals surface area contributed by atoms with E-state index < -0.39 is 0 Å². The number of fused-ring (bicyclic) bond motifs is 2. The minimum atomic E-state index is -0.177. The average Bonchev–Trinajstić information content (AvgIpc) is 3.10. The highest BCUT2D eigenvalue weighted by molar-refractivity contribution is 7.12. The smallest absolute Gasteiger partial charge is 0.231 e. The number of nitrogens with zero attached hydrogens (tertiary/aromatic N) is 5. The molecule has 0 unspecified atom stereocenters. The molecule has 3 heterocycles. The van der Waals surface area contributed by atoms with Gasteiger partial charge in [0.2, 0.25) is 5.95 Å². The maximum atomic E-state index is 5.78. The summed E-state index contributed by atoms with van der Waals surface area (Å²) >= 11 is 1.36. The van der Waals surface area contributed by atoms with Crippen molar-refractivity contribution in [3.05, 3.63) is 18.2 Å². The van der Waals surface area contributed by atoms with Gasteiger partial charge in [-0.25, -0.2) is 0 Å². The third kappa shape index (κ3) is 3.15. The summed E-state index contributed by atoms with van der Waals surface area (Å²) < 4.78 is 4.97. The van der Waals surface area contributed by atoms with E-state index in [2.05, 4.69) is 60.9 Å². The Morgan fingerprint density at radius 2 is 2.00 bits per heavy atom. The molecule has 0 aliphatic heterocycles. The lowest BCUT2D eigenvalue weighted by atomic mass is 10.1. The van der Waals surface area contributed by atoms with Gasteiger partial charge >= 0.3 is 0 Å². The van der Waals surface area contributed by atoms with Crippen molar-refractivity contribution >= 4 is 56.3 Å². The van der Waals surface area contributed by atoms with E-state index in [1.807, 2.05) is 18.2 Å². The average molecular weight is 355 g/mol. The lowest BCUT2D eigenvalue weighted by molar-refractivity contribution is 0.631. The number of aromatic amines is 1. The van der Waals surface area contributed by atoms with Crippen LogP contribution >= 0.6 is 11.5 Å². The SMILES string of the molecule is CC(C)(C)Nc1nc(Nc2ccc3snnc3c2)nc2nc(N)[nH]c12. The highest BCUT2D eigenvalue weighted by atomic mass is 32.1. The molecule has 0 radical (unpaired) electrons. The number of H-pyrrole nitrogens is 1. The van der Waals surface area contributed by atoms with Crippen LogP contribution in [-0.2, 0) is 0 Å². The first-order valence-corrected chi connectivity index (χ1v) is 8.45. The molecule has 4 rings (SSSR count). The Morgan fingerprint density at radius 1 is 1.16 bits per heavy atom. The molecule has 10 heteroatoms. The molecule has 9 nitrogen and oxygen atoms in total. The Labute approximate surface area is 147 Å². The topological polar surface area (TPSA) is 130 Å². The lowest BCUT2D eigenvalue weighted by Gasteiger charge is -2.21. The summed E-state index contributed by atoms with van der Waals surface area (Å²) in [4.78, 5) is 16.2. The van der Waals surface area contributed by atoms with Gasteiger partial charge in [0.25, 0.3) is 0 Å². The van der Waals surface area contributed by atoms with Crippen LogP contribution in [0.2, 0.25) is 0 Å². The summed E-state index contributed by atoms with van der Waals surface area (Å²) in [6.07, 6.45) is 0. The van der Waals surface area contributed by atoms with Gasteiger partial charge in [0.05, 0.1) is 4.70 Å². The van der Waals surface area contributed by atoms with Gasteiger partial charge in [-0.3, -0.25) is 0 Å². The largest absolute Gasteiger partial charge is 0.369 e. The van der Waals surface area contributed by atoms with Crippen LogP contribution in [0, 0.1) is 0 Å². The number of hydrogen-bond donors (Lipinski definition) is 4. The lowest BCUT2D eigenvalue weighted by Crippen LogP contribution is -2.27. The Bertz CT molecular complexity index is 1060. The summed E-state index contributed by atoms with van der Waals surface area (Å²) in [6, 6.07) is 5.80. The van der Waals surface area contributed by atoms with E-state index in [4.69, 9.17) is 5.73 Å². The standard InChI is InChI=1S/C15H17N9S/c1-15(2,3)22-12-10-11(19-13(16)18-10)20-14(21-12)17-7-4-5-9-8(6-7)23-24-25-9/h4-6H,1-3H3,(H5,16,17,18,19,20,21,22). The van der Waals surface area contributed by atoms with Gasteiger partial charge in [0.15, 0.2) is 17.4 Å². The van der Waals surface area contributed by atoms with Crippen LogP contribution < -0.4 is 16.4 Å². The molecule has 0 fully saturated rings. The van der Waals surface area contributed by atoms with E-state index in [-0.39, 0.29) is 5.54 Å². The maximum absolute atomic E-state index is 5.78. The molecule has 0 saturated carbocycles. The van der Waals surface area contributed by atoms with Gasteiger partial charge in [-0.15, -0.1) is 5.10 Å². The molecule has 0 amide bonds. The van der Waals surface area contributed by atoms with Crippen LogP contribution in [0.4, 0.5) is 23.4 Å². The quantitative estimate of drug-likeness (QED) is 0.441. The van der Waals surface area contributed by atoms with Gasteiger partial charge in [-0.05, 0) is 50.5 Å². The van der Waals surface area contributed by atoms with Crippen molar-refractivity contribution < 1.29 is 0 Å². The van der Waals surface area contributed by atoms with E-state index in [0.717, 1.165) is 15.9 Å². The number of rotatable bonds is 3. The minimum absolute atomic E-state index is 0.177. The van der Waals surface area contributed by atoms with Crippen molar-refractivity contribution in [3.8, 4) is 0 Å². The second-order valence-electron chi connectivity index (χ2n) is 6.67. The van der Waals surface area contributed by atoms with E-state index in [1.165, 1.54) is 11.5 Å². The number of imidazole rings is 1. The number of nitrogens with one attached hydrogen (secondary N) is 3. The summed E-state index contributed by atoms with van der Waals surface area (Å²) in [5.74, 6) is 1.36. The summed E-state index contributed by atoms with van der Waals surface area (Å²) in [5.41, 5.74) is 8.43. The van der Waals surface area contributed by atoms with E-state index in [0.29, 0.717) is 28.9 Å². The molecule has 3 aromatic heterocycles. The van der Waals surface area contributed by atoms with E-state index >= 15 is 0 Å². The fourth-order valence-electron chi connectivity index (χ4n) is 2.40. The van der Waals surface area contributed by atoms with Gasteiger partial charge in [0, 0.05) is 11.2 Å². The third-order valence-corrected chi connectivity index (χ3v) is 4.07. The van der Waals surface area contributed by atoms with Gasteiger partial charge in [-0.2, -0.15) is 15.0 Å². The number of benzene rings is 1. The normalized spacial score (nSPS) is 12.0. The van der Waals surface area contributed by atoms with Crippen molar-refractivity contribution in [2.24, 2.45) is 0 Å². The Hall–Kier alpha value is -3.01. The predicted molar refractivity (Wildman–Crippen MR) is 100 cm³/mol. The first-order valence-electron chi connectivity index (χ1n) is 7.68. The molecule has 4 aromatic rings. The summed E-state index contributed by atoms with van der Waals surface area (Å²) in [6.45, 7) is 6.16. The Morgan fingerprint density at radius 3 is 2.80 bits per heavy atom. The van der Waals surface area contributed by atoms with E-state index in [9.17, 15) is 0 Å². The van der Waals surface area contributed by atoms with Crippen LogP contribution in [0.3, 0.4) is 0 Å². The fraction of sp³-hybridized carbons (Fsp3) is 0.267. The van der Waals surface area contributed by atoms with Crippen LogP contribution in [0.25, 0.3) is 21.4 Å². The number of nitrogens with two attached hydrogens (primary N) is 1. The van der Waals surface area contributed by atoms with Crippen LogP contribution in [0.5, 0.6) is 0 Å². The molecule has 0 bridgehead atoms. The fourth-order valence-corrected chi connectivity index (χ4v) is 2.94. The summed E-state index contributed by atoms with van der Waals surface area (Å²) in [5, 5.41) is 10.6. The van der Waals surface area contributed by atoms with Crippen molar-refractivity contribution in [2.75, 3.05) is 16.4 Å². The Balaban J connectivity index is 1.75. The van der Waals surface area contributed by atoms with Gasteiger partial charge in [0.1, 0.15) is 11.0 Å². The maximum Gasteiger partial charge on any atom is 0.231 e. The molecule has 25 heavy (non-hydrogen) atoms. The zero-order valence-corrected chi connectivity index (χ0v) is 14.8. The van der Waals surface area contributed by atoms with Crippen molar-refractivity contribution in [2.45, 2.75) is 26.3 Å². The zero-order valence-electron chi connectivity index (χ0n) is 14.0. The number of nitrogen functional groups attached to an aromatic ring is 1. The number of hydrogen-bond acceptors (Lipinski definition) is 9. The molecule has 128 valence electrons. The van der Waals surface area contributed by atoms with E-state index in [1.54, 1.807) is 0 Å².